The number of nitrogens with one attached hydrogen (secondary N) is 1. The summed E-state index contributed by atoms with van der Waals surface area (Å²) in [7, 11) is 0. The fourth-order valence-electron chi connectivity index (χ4n) is 1.05. The van der Waals surface area contributed by atoms with E-state index in [1.165, 1.54) is 0 Å². The number of hydrogen-bond acceptors (Lipinski definition) is 3. The Morgan fingerprint density at radius 1 is 1.44 bits per heavy atom. The first kappa shape index (κ1) is 12.8. The van der Waals surface area contributed by atoms with Crippen LogP contribution in [-0.2, 0) is 0 Å². The zero-order chi connectivity index (χ0) is 12.0. The molecule has 0 bridgehead atoms. The Bertz CT molecular complexity index is 328. The summed E-state index contributed by atoms with van der Waals surface area (Å²) in [6.07, 6.45) is -2.59. The number of nitrogens with zero attached hydrogens (tertiary/aromatic N) is 1. The molecule has 0 aliphatic rings. The summed E-state index contributed by atoms with van der Waals surface area (Å²) in [5.74, 6) is 0.425. The Morgan fingerprint density at radius 2 is 2.19 bits per heavy atom. The second-order valence-electron chi connectivity index (χ2n) is 3.31. The van der Waals surface area contributed by atoms with Gasteiger partial charge in [-0.3, -0.25) is 0 Å². The highest BCUT2D eigenvalue weighted by molar-refractivity contribution is 5.18. The van der Waals surface area contributed by atoms with Crippen molar-refractivity contribution in [3.05, 3.63) is 23.9 Å². The number of aryl methyl sites for hydroxylation is 1. The van der Waals surface area contributed by atoms with E-state index in [9.17, 15) is 13.2 Å². The summed E-state index contributed by atoms with van der Waals surface area (Å²) in [6, 6.07) is 3.54. The van der Waals surface area contributed by atoms with Crippen molar-refractivity contribution < 1.29 is 17.9 Å². The monoisotopic (exact) mass is 234 g/mol. The third-order valence-corrected chi connectivity index (χ3v) is 1.74. The van der Waals surface area contributed by atoms with Gasteiger partial charge in [0, 0.05) is 18.8 Å². The van der Waals surface area contributed by atoms with Crippen molar-refractivity contribution in [1.82, 2.24) is 10.3 Å². The summed E-state index contributed by atoms with van der Waals surface area (Å²) in [6.45, 7) is 1.18. The van der Waals surface area contributed by atoms with E-state index >= 15 is 0 Å². The SMILES string of the molecule is Cc1ccnc(OCCNCC(F)(F)F)c1. The van der Waals surface area contributed by atoms with E-state index in [1.807, 2.05) is 13.0 Å². The Morgan fingerprint density at radius 3 is 2.81 bits per heavy atom. The van der Waals surface area contributed by atoms with Gasteiger partial charge in [0.1, 0.15) is 6.61 Å². The molecule has 0 amide bonds. The van der Waals surface area contributed by atoms with Gasteiger partial charge in [-0.25, -0.2) is 4.98 Å². The fraction of sp³-hybridized carbons (Fsp3) is 0.500. The minimum absolute atomic E-state index is 0.134. The Hall–Kier alpha value is -1.30. The number of aromatic nitrogens is 1. The van der Waals surface area contributed by atoms with E-state index in [0.717, 1.165) is 5.56 Å². The fourth-order valence-corrected chi connectivity index (χ4v) is 1.05. The van der Waals surface area contributed by atoms with Crippen molar-refractivity contribution in [3.63, 3.8) is 0 Å². The third-order valence-electron chi connectivity index (χ3n) is 1.74. The van der Waals surface area contributed by atoms with Crippen LogP contribution in [-0.4, -0.2) is 30.9 Å². The molecule has 1 N–H and O–H groups in total. The molecule has 0 saturated carbocycles. The minimum Gasteiger partial charge on any atom is -0.476 e. The smallest absolute Gasteiger partial charge is 0.401 e. The molecule has 90 valence electrons. The molecule has 0 unspecified atom stereocenters. The van der Waals surface area contributed by atoms with E-state index in [2.05, 4.69) is 10.3 Å². The third kappa shape index (κ3) is 5.55. The van der Waals surface area contributed by atoms with E-state index in [-0.39, 0.29) is 13.2 Å². The first-order valence-corrected chi connectivity index (χ1v) is 4.80. The molecular weight excluding hydrogens is 221 g/mol. The molecule has 0 fully saturated rings. The maximum atomic E-state index is 11.7. The lowest BCUT2D eigenvalue weighted by molar-refractivity contribution is -0.124. The van der Waals surface area contributed by atoms with Crippen LogP contribution in [0.3, 0.4) is 0 Å². The Balaban J connectivity index is 2.17. The second kappa shape index (κ2) is 5.69. The molecular formula is C10H13F3N2O. The summed E-state index contributed by atoms with van der Waals surface area (Å²) in [4.78, 5) is 3.91. The van der Waals surface area contributed by atoms with Gasteiger partial charge < -0.3 is 10.1 Å². The number of alkyl halides is 3. The molecule has 0 aromatic carbocycles. The normalized spacial score (nSPS) is 11.5. The van der Waals surface area contributed by atoms with Crippen molar-refractivity contribution in [2.24, 2.45) is 0 Å². The van der Waals surface area contributed by atoms with Crippen molar-refractivity contribution in [2.75, 3.05) is 19.7 Å². The molecule has 0 radical (unpaired) electrons. The van der Waals surface area contributed by atoms with Crippen LogP contribution in [0.5, 0.6) is 5.88 Å². The van der Waals surface area contributed by atoms with Crippen LogP contribution in [0, 0.1) is 6.92 Å². The van der Waals surface area contributed by atoms with E-state index in [1.54, 1.807) is 12.3 Å². The topological polar surface area (TPSA) is 34.1 Å². The van der Waals surface area contributed by atoms with Gasteiger partial charge in [-0.15, -0.1) is 0 Å². The van der Waals surface area contributed by atoms with Crippen LogP contribution < -0.4 is 10.1 Å². The van der Waals surface area contributed by atoms with Crippen molar-refractivity contribution in [1.29, 1.82) is 0 Å². The lowest BCUT2D eigenvalue weighted by Gasteiger charge is -2.09. The maximum absolute atomic E-state index is 11.7. The zero-order valence-electron chi connectivity index (χ0n) is 8.84. The van der Waals surface area contributed by atoms with Crippen molar-refractivity contribution >= 4 is 0 Å². The van der Waals surface area contributed by atoms with Crippen molar-refractivity contribution in [3.8, 4) is 5.88 Å². The van der Waals surface area contributed by atoms with Crippen LogP contribution >= 0.6 is 0 Å². The molecule has 1 aromatic rings. The molecule has 0 saturated heterocycles. The molecule has 6 heteroatoms. The van der Waals surface area contributed by atoms with Gasteiger partial charge in [0.25, 0.3) is 0 Å². The average molecular weight is 234 g/mol. The standard InChI is InChI=1S/C10H13F3N2O/c1-8-2-3-15-9(6-8)16-5-4-14-7-10(11,12)13/h2-3,6,14H,4-5,7H2,1H3. The van der Waals surface area contributed by atoms with Crippen molar-refractivity contribution in [2.45, 2.75) is 13.1 Å². The van der Waals surface area contributed by atoms with Gasteiger partial charge in [-0.1, -0.05) is 0 Å². The van der Waals surface area contributed by atoms with Crippen LogP contribution in [0.2, 0.25) is 0 Å². The highest BCUT2D eigenvalue weighted by Crippen LogP contribution is 2.12. The molecule has 1 heterocycles. The molecule has 0 aliphatic heterocycles. The number of rotatable bonds is 5. The number of halogens is 3. The van der Waals surface area contributed by atoms with E-state index in [4.69, 9.17) is 4.74 Å². The minimum atomic E-state index is -4.18. The number of ether oxygens (including phenoxy) is 1. The maximum Gasteiger partial charge on any atom is 0.401 e. The van der Waals surface area contributed by atoms with Gasteiger partial charge in [-0.05, 0) is 18.6 Å². The van der Waals surface area contributed by atoms with Crippen LogP contribution in [0.1, 0.15) is 5.56 Å². The lowest BCUT2D eigenvalue weighted by atomic mass is 10.3. The summed E-state index contributed by atoms with van der Waals surface area (Å²) in [5, 5.41) is 2.23. The van der Waals surface area contributed by atoms with Crippen LogP contribution in [0.25, 0.3) is 0 Å². The Labute approximate surface area is 91.6 Å². The van der Waals surface area contributed by atoms with Crippen LogP contribution in [0.15, 0.2) is 18.3 Å². The first-order valence-electron chi connectivity index (χ1n) is 4.80. The Kier molecular flexibility index (Phi) is 4.54. The first-order chi connectivity index (χ1) is 7.47. The molecule has 0 aliphatic carbocycles. The predicted molar refractivity (Wildman–Crippen MR) is 53.4 cm³/mol. The number of pyridine rings is 1. The summed E-state index contributed by atoms with van der Waals surface area (Å²) < 4.78 is 40.4. The average Bonchev–Trinajstić information content (AvgIpc) is 2.15. The van der Waals surface area contributed by atoms with E-state index in [0.29, 0.717) is 5.88 Å². The number of hydrogen-bond donors (Lipinski definition) is 1. The molecule has 0 atom stereocenters. The largest absolute Gasteiger partial charge is 0.476 e. The lowest BCUT2D eigenvalue weighted by Crippen LogP contribution is -2.31. The van der Waals surface area contributed by atoms with Gasteiger partial charge >= 0.3 is 6.18 Å². The summed E-state index contributed by atoms with van der Waals surface area (Å²) in [5.41, 5.74) is 0.994. The second-order valence-corrected chi connectivity index (χ2v) is 3.31. The van der Waals surface area contributed by atoms with Gasteiger partial charge in [0.15, 0.2) is 0 Å². The molecule has 1 aromatic heterocycles. The van der Waals surface area contributed by atoms with Gasteiger partial charge in [0.2, 0.25) is 5.88 Å². The van der Waals surface area contributed by atoms with Crippen LogP contribution in [0.4, 0.5) is 13.2 Å². The molecule has 0 spiro atoms. The van der Waals surface area contributed by atoms with E-state index < -0.39 is 12.7 Å². The molecule has 1 rings (SSSR count). The summed E-state index contributed by atoms with van der Waals surface area (Å²) >= 11 is 0. The molecule has 3 nitrogen and oxygen atoms in total. The van der Waals surface area contributed by atoms with Gasteiger partial charge in [-0.2, -0.15) is 13.2 Å². The zero-order valence-corrected chi connectivity index (χ0v) is 8.84. The molecule has 16 heavy (non-hydrogen) atoms. The predicted octanol–water partition coefficient (Wildman–Crippen LogP) is 1.92. The highest BCUT2D eigenvalue weighted by atomic mass is 19.4. The quantitative estimate of drug-likeness (QED) is 0.790. The highest BCUT2D eigenvalue weighted by Gasteiger charge is 2.25. The van der Waals surface area contributed by atoms with Gasteiger partial charge in [0.05, 0.1) is 6.54 Å².